The van der Waals surface area contributed by atoms with E-state index in [1.807, 2.05) is 12.1 Å². The van der Waals surface area contributed by atoms with Crippen LogP contribution in [0.2, 0.25) is 0 Å². The molecule has 0 bridgehead atoms. The molecule has 5 heteroatoms. The number of hydrogen-bond donors (Lipinski definition) is 2. The first-order chi connectivity index (χ1) is 8.33. The molecule has 1 aliphatic carbocycles. The van der Waals surface area contributed by atoms with Crippen LogP contribution in [0, 0.1) is 0 Å². The van der Waals surface area contributed by atoms with E-state index in [9.17, 15) is 4.79 Å². The Kier molecular flexibility index (Phi) is 2.36. The van der Waals surface area contributed by atoms with Crippen molar-refractivity contribution >= 4 is 11.7 Å². The van der Waals surface area contributed by atoms with Gasteiger partial charge in [-0.25, -0.2) is 4.98 Å². The first kappa shape index (κ1) is 10.0. The molecule has 0 radical (unpaired) electrons. The van der Waals surface area contributed by atoms with Crippen LogP contribution >= 0.6 is 0 Å². The molecule has 5 nitrogen and oxygen atoms in total. The van der Waals surface area contributed by atoms with E-state index in [1.54, 1.807) is 18.3 Å². The Morgan fingerprint density at radius 1 is 1.41 bits per heavy atom. The van der Waals surface area contributed by atoms with Crippen molar-refractivity contribution in [2.45, 2.75) is 18.8 Å². The van der Waals surface area contributed by atoms with Gasteiger partial charge in [-0.3, -0.25) is 9.89 Å². The van der Waals surface area contributed by atoms with Crippen molar-refractivity contribution in [3.05, 3.63) is 41.9 Å². The summed E-state index contributed by atoms with van der Waals surface area (Å²) in [5.74, 6) is 0.874. The second-order valence-corrected chi connectivity index (χ2v) is 4.15. The molecule has 1 fully saturated rings. The van der Waals surface area contributed by atoms with Gasteiger partial charge in [0.2, 0.25) is 0 Å². The zero-order valence-electron chi connectivity index (χ0n) is 9.18. The van der Waals surface area contributed by atoms with Gasteiger partial charge in [-0.2, -0.15) is 5.10 Å². The fourth-order valence-electron chi connectivity index (χ4n) is 1.67. The second-order valence-electron chi connectivity index (χ2n) is 4.15. The highest BCUT2D eigenvalue weighted by atomic mass is 16.2. The van der Waals surface area contributed by atoms with Crippen LogP contribution in [0.15, 0.2) is 30.5 Å². The number of aromatic nitrogens is 3. The SMILES string of the molecule is O=C(Nc1ccccn1)c1cc(C2CC2)[nH]n1. The second kappa shape index (κ2) is 4.01. The number of carbonyl (C=O) groups is 1. The van der Waals surface area contributed by atoms with Crippen molar-refractivity contribution in [3.63, 3.8) is 0 Å². The number of carbonyl (C=O) groups excluding carboxylic acids is 1. The maximum Gasteiger partial charge on any atom is 0.277 e. The van der Waals surface area contributed by atoms with E-state index < -0.39 is 0 Å². The van der Waals surface area contributed by atoms with Gasteiger partial charge in [0.1, 0.15) is 5.82 Å². The van der Waals surface area contributed by atoms with Crippen LogP contribution in [0.3, 0.4) is 0 Å². The Labute approximate surface area is 98.3 Å². The van der Waals surface area contributed by atoms with Crippen molar-refractivity contribution in [1.82, 2.24) is 15.2 Å². The minimum absolute atomic E-state index is 0.230. The smallest absolute Gasteiger partial charge is 0.277 e. The molecular weight excluding hydrogens is 216 g/mol. The zero-order chi connectivity index (χ0) is 11.7. The Morgan fingerprint density at radius 2 is 2.29 bits per heavy atom. The number of pyridine rings is 1. The summed E-state index contributed by atoms with van der Waals surface area (Å²) in [6.07, 6.45) is 4.00. The topological polar surface area (TPSA) is 70.7 Å². The van der Waals surface area contributed by atoms with E-state index in [-0.39, 0.29) is 5.91 Å². The average Bonchev–Trinajstić information content (AvgIpc) is 3.08. The summed E-state index contributed by atoms with van der Waals surface area (Å²) >= 11 is 0. The summed E-state index contributed by atoms with van der Waals surface area (Å²) in [5, 5.41) is 9.61. The highest BCUT2D eigenvalue weighted by Gasteiger charge is 2.26. The van der Waals surface area contributed by atoms with E-state index in [2.05, 4.69) is 20.5 Å². The van der Waals surface area contributed by atoms with E-state index in [0.29, 0.717) is 17.4 Å². The first-order valence-electron chi connectivity index (χ1n) is 5.60. The standard InChI is InChI=1S/C12H12N4O/c17-12(14-11-3-1-2-6-13-11)10-7-9(15-16-10)8-4-5-8/h1-3,6-8H,4-5H2,(H,15,16)(H,13,14,17). The summed E-state index contributed by atoms with van der Waals surface area (Å²) in [5.41, 5.74) is 1.47. The number of H-pyrrole nitrogens is 1. The first-order valence-corrected chi connectivity index (χ1v) is 5.60. The molecule has 1 saturated carbocycles. The van der Waals surface area contributed by atoms with Crippen LogP contribution in [0.5, 0.6) is 0 Å². The predicted molar refractivity (Wildman–Crippen MR) is 62.8 cm³/mol. The Bertz CT molecular complexity index is 530. The fourth-order valence-corrected chi connectivity index (χ4v) is 1.67. The van der Waals surface area contributed by atoms with Gasteiger partial charge in [-0.1, -0.05) is 6.07 Å². The van der Waals surface area contributed by atoms with E-state index in [0.717, 1.165) is 5.69 Å². The molecule has 0 aliphatic heterocycles. The molecule has 86 valence electrons. The number of anilines is 1. The largest absolute Gasteiger partial charge is 0.305 e. The Morgan fingerprint density at radius 3 is 3.00 bits per heavy atom. The predicted octanol–water partition coefficient (Wildman–Crippen LogP) is 1.93. The summed E-state index contributed by atoms with van der Waals surface area (Å²) in [4.78, 5) is 15.9. The molecule has 2 N–H and O–H groups in total. The molecule has 0 atom stereocenters. The molecule has 1 amide bonds. The Hall–Kier alpha value is -2.17. The number of rotatable bonds is 3. The van der Waals surface area contributed by atoms with Crippen LogP contribution in [-0.2, 0) is 0 Å². The molecule has 17 heavy (non-hydrogen) atoms. The van der Waals surface area contributed by atoms with Gasteiger partial charge < -0.3 is 5.32 Å². The zero-order valence-corrected chi connectivity index (χ0v) is 9.18. The van der Waals surface area contributed by atoms with E-state index in [4.69, 9.17) is 0 Å². The maximum absolute atomic E-state index is 11.8. The highest BCUT2D eigenvalue weighted by molar-refractivity contribution is 6.02. The highest BCUT2D eigenvalue weighted by Crippen LogP contribution is 2.38. The van der Waals surface area contributed by atoms with Crippen molar-refractivity contribution < 1.29 is 4.79 Å². The van der Waals surface area contributed by atoms with Gasteiger partial charge >= 0.3 is 0 Å². The molecular formula is C12H12N4O. The van der Waals surface area contributed by atoms with Gasteiger partial charge in [0.05, 0.1) is 0 Å². The molecule has 0 saturated heterocycles. The number of hydrogen-bond acceptors (Lipinski definition) is 3. The van der Waals surface area contributed by atoms with Gasteiger partial charge in [0.15, 0.2) is 5.69 Å². The minimum atomic E-state index is -0.230. The lowest BCUT2D eigenvalue weighted by molar-refractivity contribution is 0.102. The van der Waals surface area contributed by atoms with Crippen LogP contribution in [0.25, 0.3) is 0 Å². The lowest BCUT2D eigenvalue weighted by Gasteiger charge is -2.00. The normalized spacial score (nSPS) is 14.6. The third kappa shape index (κ3) is 2.18. The fraction of sp³-hybridized carbons (Fsp3) is 0.250. The van der Waals surface area contributed by atoms with Gasteiger partial charge in [-0.15, -0.1) is 0 Å². The van der Waals surface area contributed by atoms with Crippen molar-refractivity contribution in [2.75, 3.05) is 5.32 Å². The monoisotopic (exact) mass is 228 g/mol. The molecule has 0 spiro atoms. The molecule has 0 aromatic carbocycles. The molecule has 3 rings (SSSR count). The third-order valence-corrected chi connectivity index (χ3v) is 2.75. The van der Waals surface area contributed by atoms with Gasteiger partial charge in [0, 0.05) is 17.8 Å². The van der Waals surface area contributed by atoms with Crippen LogP contribution in [0.1, 0.15) is 34.9 Å². The number of nitrogens with one attached hydrogen (secondary N) is 2. The summed E-state index contributed by atoms with van der Waals surface area (Å²) in [6.45, 7) is 0. The molecule has 2 heterocycles. The Balaban J connectivity index is 1.72. The van der Waals surface area contributed by atoms with Crippen LogP contribution < -0.4 is 5.32 Å². The number of amides is 1. The average molecular weight is 228 g/mol. The lowest BCUT2D eigenvalue weighted by atomic mass is 10.2. The number of aromatic amines is 1. The van der Waals surface area contributed by atoms with Gasteiger partial charge in [0.25, 0.3) is 5.91 Å². The molecule has 0 unspecified atom stereocenters. The van der Waals surface area contributed by atoms with Crippen LogP contribution in [0.4, 0.5) is 5.82 Å². The molecule has 1 aliphatic rings. The van der Waals surface area contributed by atoms with Crippen LogP contribution in [-0.4, -0.2) is 21.1 Å². The molecule has 2 aromatic heterocycles. The maximum atomic E-state index is 11.8. The third-order valence-electron chi connectivity index (χ3n) is 2.75. The summed E-state index contributed by atoms with van der Waals surface area (Å²) in [7, 11) is 0. The van der Waals surface area contributed by atoms with Crippen molar-refractivity contribution in [2.24, 2.45) is 0 Å². The van der Waals surface area contributed by atoms with Gasteiger partial charge in [-0.05, 0) is 31.0 Å². The quantitative estimate of drug-likeness (QED) is 0.843. The summed E-state index contributed by atoms with van der Waals surface area (Å²) in [6, 6.07) is 7.18. The van der Waals surface area contributed by atoms with E-state index >= 15 is 0 Å². The van der Waals surface area contributed by atoms with E-state index in [1.165, 1.54) is 12.8 Å². The molecule has 2 aromatic rings. The van der Waals surface area contributed by atoms with Crippen molar-refractivity contribution in [3.8, 4) is 0 Å². The minimum Gasteiger partial charge on any atom is -0.305 e. The van der Waals surface area contributed by atoms with Crippen molar-refractivity contribution in [1.29, 1.82) is 0 Å². The lowest BCUT2D eigenvalue weighted by Crippen LogP contribution is -2.13. The number of nitrogens with zero attached hydrogens (tertiary/aromatic N) is 2. The summed E-state index contributed by atoms with van der Waals surface area (Å²) < 4.78 is 0.